The molecule has 0 aliphatic rings. The van der Waals surface area contributed by atoms with Crippen LogP contribution in [-0.4, -0.2) is 19.8 Å². The normalized spacial score (nSPS) is 13.1. The van der Waals surface area contributed by atoms with Gasteiger partial charge in [-0.15, -0.1) is 0 Å². The molecule has 21 heavy (non-hydrogen) atoms. The van der Waals surface area contributed by atoms with Crippen molar-refractivity contribution in [2.24, 2.45) is 0 Å². The maximum atomic E-state index is 11.4. The van der Waals surface area contributed by atoms with Crippen LogP contribution in [0.25, 0.3) is 0 Å². The van der Waals surface area contributed by atoms with Crippen LogP contribution in [0.4, 0.5) is 0 Å². The second-order valence-electron chi connectivity index (χ2n) is 5.43. The largest absolute Gasteiger partial charge is 0.388 e. The van der Waals surface area contributed by atoms with E-state index in [0.717, 1.165) is 22.3 Å². The minimum absolute atomic E-state index is 0.269. The highest BCUT2D eigenvalue weighted by molar-refractivity contribution is 7.90. The van der Waals surface area contributed by atoms with Gasteiger partial charge in [0.15, 0.2) is 9.84 Å². The quantitative estimate of drug-likeness (QED) is 0.944. The molecule has 3 nitrogen and oxygen atoms in total. The lowest BCUT2D eigenvalue weighted by molar-refractivity contribution is 0.178. The van der Waals surface area contributed by atoms with Crippen LogP contribution in [0.5, 0.6) is 0 Å². The zero-order valence-corrected chi connectivity index (χ0v) is 13.3. The Balaban J connectivity index is 2.23. The third kappa shape index (κ3) is 3.71. The molecule has 0 saturated carbocycles. The van der Waals surface area contributed by atoms with Crippen LogP contribution in [0, 0.1) is 13.8 Å². The highest BCUT2D eigenvalue weighted by Gasteiger charge is 2.13. The summed E-state index contributed by atoms with van der Waals surface area (Å²) in [6, 6.07) is 12.5. The maximum Gasteiger partial charge on any atom is 0.175 e. The van der Waals surface area contributed by atoms with Gasteiger partial charge in [0.25, 0.3) is 0 Å². The van der Waals surface area contributed by atoms with Gasteiger partial charge in [0.1, 0.15) is 0 Å². The molecule has 0 aromatic heterocycles. The molecule has 0 amide bonds. The second-order valence-corrected chi connectivity index (χ2v) is 7.45. The third-order valence-corrected chi connectivity index (χ3v) is 4.86. The van der Waals surface area contributed by atoms with E-state index in [1.54, 1.807) is 24.3 Å². The van der Waals surface area contributed by atoms with Crippen LogP contribution in [-0.2, 0) is 16.3 Å². The Hall–Kier alpha value is -1.65. The fourth-order valence-corrected chi connectivity index (χ4v) is 3.05. The summed E-state index contributed by atoms with van der Waals surface area (Å²) in [5.74, 6) is 0. The van der Waals surface area contributed by atoms with Gasteiger partial charge in [-0.05, 0) is 48.2 Å². The van der Waals surface area contributed by atoms with Crippen LogP contribution in [0.3, 0.4) is 0 Å². The average Bonchev–Trinajstić information content (AvgIpc) is 2.42. The first-order chi connectivity index (χ1) is 9.79. The van der Waals surface area contributed by atoms with Crippen molar-refractivity contribution in [1.29, 1.82) is 0 Å². The molecule has 0 bridgehead atoms. The van der Waals surface area contributed by atoms with E-state index in [2.05, 4.69) is 0 Å². The van der Waals surface area contributed by atoms with Crippen molar-refractivity contribution in [3.8, 4) is 0 Å². The molecule has 2 aromatic carbocycles. The number of aliphatic hydroxyl groups excluding tert-OH is 1. The summed E-state index contributed by atoms with van der Waals surface area (Å²) in [7, 11) is -3.20. The number of benzene rings is 2. The van der Waals surface area contributed by atoms with Crippen molar-refractivity contribution in [3.05, 3.63) is 64.7 Å². The summed E-state index contributed by atoms with van der Waals surface area (Å²) in [6.45, 7) is 4.06. The lowest BCUT2D eigenvalue weighted by Crippen LogP contribution is -2.05. The molecule has 0 radical (unpaired) electrons. The van der Waals surface area contributed by atoms with Gasteiger partial charge in [-0.3, -0.25) is 0 Å². The Morgan fingerprint density at radius 2 is 1.52 bits per heavy atom. The smallest absolute Gasteiger partial charge is 0.175 e. The van der Waals surface area contributed by atoms with Gasteiger partial charge in [0.05, 0.1) is 11.0 Å². The van der Waals surface area contributed by atoms with Gasteiger partial charge in [0, 0.05) is 12.7 Å². The minimum atomic E-state index is -3.20. The summed E-state index contributed by atoms with van der Waals surface area (Å²) in [5, 5.41) is 10.4. The van der Waals surface area contributed by atoms with Crippen molar-refractivity contribution in [2.75, 3.05) is 6.26 Å². The molecule has 4 heteroatoms. The van der Waals surface area contributed by atoms with Gasteiger partial charge in [-0.25, -0.2) is 8.42 Å². The molecule has 0 saturated heterocycles. The Kier molecular flexibility index (Phi) is 4.49. The van der Waals surface area contributed by atoms with E-state index in [-0.39, 0.29) is 4.90 Å². The fraction of sp³-hybridized carbons (Fsp3) is 0.294. The average molecular weight is 304 g/mol. The van der Waals surface area contributed by atoms with Crippen LogP contribution < -0.4 is 0 Å². The summed E-state index contributed by atoms with van der Waals surface area (Å²) in [4.78, 5) is 0.269. The number of sulfone groups is 1. The molecule has 0 aliphatic carbocycles. The van der Waals surface area contributed by atoms with Gasteiger partial charge in [0.2, 0.25) is 0 Å². The molecular weight excluding hydrogens is 284 g/mol. The van der Waals surface area contributed by atoms with E-state index in [0.29, 0.717) is 6.42 Å². The van der Waals surface area contributed by atoms with E-state index in [9.17, 15) is 13.5 Å². The van der Waals surface area contributed by atoms with E-state index < -0.39 is 15.9 Å². The molecule has 1 N–H and O–H groups in total. The first kappa shape index (κ1) is 15.7. The lowest BCUT2D eigenvalue weighted by atomic mass is 9.95. The summed E-state index contributed by atoms with van der Waals surface area (Å²) < 4.78 is 22.9. The maximum absolute atomic E-state index is 11.4. The molecule has 1 unspecified atom stereocenters. The predicted molar refractivity (Wildman–Crippen MR) is 84.1 cm³/mol. The lowest BCUT2D eigenvalue weighted by Gasteiger charge is -2.15. The van der Waals surface area contributed by atoms with Crippen molar-refractivity contribution in [1.82, 2.24) is 0 Å². The number of rotatable bonds is 4. The number of aryl methyl sites for hydroxylation is 2. The SMILES string of the molecule is Cc1cccc(C)c1CC(O)c1ccc(S(C)(=O)=O)cc1. The predicted octanol–water partition coefficient (Wildman–Crippen LogP) is 2.98. The Morgan fingerprint density at radius 1 is 1.00 bits per heavy atom. The first-order valence-corrected chi connectivity index (χ1v) is 8.71. The van der Waals surface area contributed by atoms with E-state index in [4.69, 9.17) is 0 Å². The van der Waals surface area contributed by atoms with Gasteiger partial charge < -0.3 is 5.11 Å². The Labute approximate surface area is 126 Å². The first-order valence-electron chi connectivity index (χ1n) is 6.82. The summed E-state index contributed by atoms with van der Waals surface area (Å²) in [5.41, 5.74) is 4.17. The molecule has 2 aromatic rings. The zero-order valence-electron chi connectivity index (χ0n) is 12.5. The van der Waals surface area contributed by atoms with Crippen LogP contribution >= 0.6 is 0 Å². The van der Waals surface area contributed by atoms with Gasteiger partial charge in [-0.1, -0.05) is 30.3 Å². The highest BCUT2D eigenvalue weighted by atomic mass is 32.2. The number of hydrogen-bond donors (Lipinski definition) is 1. The van der Waals surface area contributed by atoms with Gasteiger partial charge in [-0.2, -0.15) is 0 Å². The molecule has 2 rings (SSSR count). The van der Waals surface area contributed by atoms with Crippen LogP contribution in [0.2, 0.25) is 0 Å². The minimum Gasteiger partial charge on any atom is -0.388 e. The molecule has 0 aliphatic heterocycles. The number of hydrogen-bond acceptors (Lipinski definition) is 3. The summed E-state index contributed by atoms with van der Waals surface area (Å²) >= 11 is 0. The molecule has 0 spiro atoms. The van der Waals surface area contributed by atoms with Crippen molar-refractivity contribution < 1.29 is 13.5 Å². The number of aliphatic hydroxyl groups is 1. The standard InChI is InChI=1S/C17H20O3S/c1-12-5-4-6-13(2)16(12)11-17(18)14-7-9-15(10-8-14)21(3,19)20/h4-10,17-18H,11H2,1-3H3. The zero-order chi connectivity index (χ0) is 15.6. The van der Waals surface area contributed by atoms with Crippen molar-refractivity contribution >= 4 is 9.84 Å². The van der Waals surface area contributed by atoms with Crippen LogP contribution in [0.15, 0.2) is 47.4 Å². The molecule has 0 fully saturated rings. The summed E-state index contributed by atoms with van der Waals surface area (Å²) in [6.07, 6.45) is 1.06. The van der Waals surface area contributed by atoms with E-state index in [1.165, 1.54) is 6.26 Å². The highest BCUT2D eigenvalue weighted by Crippen LogP contribution is 2.23. The van der Waals surface area contributed by atoms with Crippen LogP contribution in [0.1, 0.15) is 28.4 Å². The van der Waals surface area contributed by atoms with Gasteiger partial charge >= 0.3 is 0 Å². The Bertz CT molecular complexity index is 711. The molecule has 112 valence electrons. The molecule has 1 atom stereocenters. The van der Waals surface area contributed by atoms with Crippen molar-refractivity contribution in [3.63, 3.8) is 0 Å². The van der Waals surface area contributed by atoms with E-state index in [1.807, 2.05) is 32.0 Å². The van der Waals surface area contributed by atoms with Crippen molar-refractivity contribution in [2.45, 2.75) is 31.3 Å². The molecular formula is C17H20O3S. The Morgan fingerprint density at radius 3 is 2.00 bits per heavy atom. The molecule has 0 heterocycles. The second kappa shape index (κ2) is 6.00. The monoisotopic (exact) mass is 304 g/mol. The fourth-order valence-electron chi connectivity index (χ4n) is 2.42. The topological polar surface area (TPSA) is 54.4 Å². The van der Waals surface area contributed by atoms with E-state index >= 15 is 0 Å². The third-order valence-electron chi connectivity index (χ3n) is 3.73.